The SMILES string of the molecule is O=c1cc(CO)oc(C(Nc2cccc[nH+]2)c2ccc(C(F)(F)F)cc2)c1O. The van der Waals surface area contributed by atoms with Gasteiger partial charge in [0.25, 0.3) is 5.82 Å². The summed E-state index contributed by atoms with van der Waals surface area (Å²) in [5, 5.41) is 22.5. The Morgan fingerprint density at radius 3 is 2.43 bits per heavy atom. The van der Waals surface area contributed by atoms with Crippen molar-refractivity contribution in [1.82, 2.24) is 0 Å². The lowest BCUT2D eigenvalue weighted by Gasteiger charge is -2.16. The maximum absolute atomic E-state index is 12.9. The number of rotatable bonds is 5. The molecule has 0 aliphatic heterocycles. The predicted octanol–water partition coefficient (Wildman–Crippen LogP) is 2.87. The summed E-state index contributed by atoms with van der Waals surface area (Å²) in [6.45, 7) is -0.584. The molecule has 0 bridgehead atoms. The molecule has 0 aliphatic carbocycles. The minimum absolute atomic E-state index is 0.0893. The monoisotopic (exact) mass is 393 g/mol. The van der Waals surface area contributed by atoms with Gasteiger partial charge in [-0.05, 0) is 18.2 Å². The van der Waals surface area contributed by atoms with E-state index < -0.39 is 35.6 Å². The summed E-state index contributed by atoms with van der Waals surface area (Å²) in [4.78, 5) is 14.9. The Hall–Kier alpha value is -3.33. The molecule has 4 N–H and O–H groups in total. The van der Waals surface area contributed by atoms with E-state index in [1.54, 1.807) is 24.4 Å². The van der Waals surface area contributed by atoms with Crippen LogP contribution in [0.5, 0.6) is 5.75 Å². The van der Waals surface area contributed by atoms with Gasteiger partial charge in [-0.15, -0.1) is 0 Å². The molecular formula is C19H16F3N2O4+. The van der Waals surface area contributed by atoms with Crippen LogP contribution in [0, 0.1) is 0 Å². The number of anilines is 1. The number of benzene rings is 1. The minimum atomic E-state index is -4.50. The number of alkyl halides is 3. The fraction of sp³-hybridized carbons (Fsp3) is 0.158. The second kappa shape index (κ2) is 7.73. The number of H-pyrrole nitrogens is 1. The summed E-state index contributed by atoms with van der Waals surface area (Å²) in [7, 11) is 0. The fourth-order valence-electron chi connectivity index (χ4n) is 2.63. The molecule has 1 aromatic carbocycles. The van der Waals surface area contributed by atoms with Crippen molar-refractivity contribution in [3.8, 4) is 5.75 Å². The van der Waals surface area contributed by atoms with Gasteiger partial charge >= 0.3 is 6.18 Å². The summed E-state index contributed by atoms with van der Waals surface area (Å²) in [5.74, 6) is -0.559. The quantitative estimate of drug-likeness (QED) is 0.619. The average Bonchev–Trinajstić information content (AvgIpc) is 2.68. The maximum atomic E-state index is 12.9. The highest BCUT2D eigenvalue weighted by atomic mass is 19.4. The van der Waals surface area contributed by atoms with Gasteiger partial charge in [0.05, 0.1) is 11.8 Å². The number of aromatic nitrogens is 1. The first kappa shape index (κ1) is 19.4. The molecule has 0 saturated heterocycles. The van der Waals surface area contributed by atoms with Gasteiger partial charge in [0.1, 0.15) is 12.4 Å². The molecule has 0 spiro atoms. The smallest absolute Gasteiger partial charge is 0.416 e. The lowest BCUT2D eigenvalue weighted by molar-refractivity contribution is -0.361. The maximum Gasteiger partial charge on any atom is 0.416 e. The van der Waals surface area contributed by atoms with Crippen LogP contribution in [0.1, 0.15) is 28.7 Å². The molecule has 146 valence electrons. The van der Waals surface area contributed by atoms with Crippen LogP contribution in [0.25, 0.3) is 0 Å². The number of nitrogens with one attached hydrogen (secondary N) is 2. The van der Waals surface area contributed by atoms with E-state index >= 15 is 0 Å². The molecule has 1 unspecified atom stereocenters. The Morgan fingerprint density at radius 1 is 1.14 bits per heavy atom. The van der Waals surface area contributed by atoms with E-state index in [1.807, 2.05) is 0 Å². The molecule has 0 aliphatic rings. The van der Waals surface area contributed by atoms with Crippen LogP contribution in [0.3, 0.4) is 0 Å². The number of halogens is 3. The highest BCUT2D eigenvalue weighted by molar-refractivity contribution is 5.43. The number of aromatic amines is 1. The first-order valence-electron chi connectivity index (χ1n) is 8.16. The van der Waals surface area contributed by atoms with Crippen LogP contribution in [0.15, 0.2) is 63.9 Å². The molecule has 0 radical (unpaired) electrons. The van der Waals surface area contributed by atoms with E-state index in [-0.39, 0.29) is 11.5 Å². The van der Waals surface area contributed by atoms with Gasteiger partial charge < -0.3 is 14.6 Å². The van der Waals surface area contributed by atoms with Gasteiger partial charge in [-0.3, -0.25) is 10.1 Å². The standard InChI is InChI=1S/C19H15F3N2O4/c20-19(21,22)12-6-4-11(5-7-12)16(24-15-3-1-2-8-23-15)18-17(27)14(26)9-13(10-25)28-18/h1-9,16,25,27H,10H2,(H,23,24)/p+1. The molecule has 3 aromatic rings. The van der Waals surface area contributed by atoms with Crippen molar-refractivity contribution >= 4 is 5.82 Å². The number of aliphatic hydroxyl groups excluding tert-OH is 1. The Balaban J connectivity index is 2.11. The summed E-state index contributed by atoms with van der Waals surface area (Å²) < 4.78 is 44.0. The fourth-order valence-corrected chi connectivity index (χ4v) is 2.63. The summed E-state index contributed by atoms with van der Waals surface area (Å²) in [5.41, 5.74) is -1.31. The van der Waals surface area contributed by atoms with Crippen LogP contribution >= 0.6 is 0 Å². The minimum Gasteiger partial charge on any atom is -0.502 e. The van der Waals surface area contributed by atoms with Crippen LogP contribution in [0.4, 0.5) is 19.0 Å². The normalized spacial score (nSPS) is 12.6. The molecule has 0 fully saturated rings. The molecule has 2 aromatic heterocycles. The van der Waals surface area contributed by atoms with Crippen molar-refractivity contribution in [3.05, 3.63) is 87.6 Å². The molecule has 6 nitrogen and oxygen atoms in total. The van der Waals surface area contributed by atoms with Gasteiger partial charge in [0, 0.05) is 17.7 Å². The van der Waals surface area contributed by atoms with Gasteiger partial charge in [-0.2, -0.15) is 13.2 Å². The van der Waals surface area contributed by atoms with Crippen molar-refractivity contribution in [3.63, 3.8) is 0 Å². The third-order valence-electron chi connectivity index (χ3n) is 4.00. The van der Waals surface area contributed by atoms with Crippen molar-refractivity contribution in [2.75, 3.05) is 5.32 Å². The zero-order chi connectivity index (χ0) is 20.3. The van der Waals surface area contributed by atoms with E-state index in [9.17, 15) is 28.2 Å². The second-order valence-corrected chi connectivity index (χ2v) is 5.92. The molecular weight excluding hydrogens is 377 g/mol. The number of hydrogen-bond donors (Lipinski definition) is 3. The van der Waals surface area contributed by atoms with Gasteiger partial charge in [0.2, 0.25) is 11.2 Å². The van der Waals surface area contributed by atoms with Crippen LogP contribution in [-0.4, -0.2) is 10.2 Å². The lowest BCUT2D eigenvalue weighted by Crippen LogP contribution is -2.20. The van der Waals surface area contributed by atoms with E-state index in [4.69, 9.17) is 4.42 Å². The van der Waals surface area contributed by atoms with Crippen LogP contribution in [-0.2, 0) is 12.8 Å². The first-order valence-corrected chi connectivity index (χ1v) is 8.16. The Morgan fingerprint density at radius 2 is 1.86 bits per heavy atom. The zero-order valence-corrected chi connectivity index (χ0v) is 14.3. The molecule has 1 atom stereocenters. The summed E-state index contributed by atoms with van der Waals surface area (Å²) in [6, 6.07) is 9.25. The van der Waals surface area contributed by atoms with Gasteiger partial charge in [-0.1, -0.05) is 18.2 Å². The van der Waals surface area contributed by atoms with Gasteiger partial charge in [0.15, 0.2) is 11.8 Å². The predicted molar refractivity (Wildman–Crippen MR) is 92.5 cm³/mol. The number of aliphatic hydroxyl groups is 1. The third kappa shape index (κ3) is 4.15. The van der Waals surface area contributed by atoms with Crippen molar-refractivity contribution < 1.29 is 32.8 Å². The molecule has 3 rings (SSSR count). The number of hydrogen-bond acceptors (Lipinski definition) is 5. The molecule has 0 saturated carbocycles. The molecule has 0 amide bonds. The summed E-state index contributed by atoms with van der Waals surface area (Å²) in [6.07, 6.45) is -2.88. The summed E-state index contributed by atoms with van der Waals surface area (Å²) >= 11 is 0. The highest BCUT2D eigenvalue weighted by Gasteiger charge is 2.32. The first-order chi connectivity index (χ1) is 13.3. The average molecular weight is 393 g/mol. The Kier molecular flexibility index (Phi) is 5.36. The molecule has 28 heavy (non-hydrogen) atoms. The van der Waals surface area contributed by atoms with Gasteiger partial charge in [-0.25, -0.2) is 4.98 Å². The van der Waals surface area contributed by atoms with Crippen molar-refractivity contribution in [2.45, 2.75) is 18.8 Å². The van der Waals surface area contributed by atoms with E-state index in [0.29, 0.717) is 11.4 Å². The Bertz CT molecular complexity index is 1000. The molecule has 2 heterocycles. The van der Waals surface area contributed by atoms with E-state index in [2.05, 4.69) is 10.3 Å². The zero-order valence-electron chi connectivity index (χ0n) is 14.3. The highest BCUT2D eigenvalue weighted by Crippen LogP contribution is 2.34. The van der Waals surface area contributed by atoms with Crippen molar-refractivity contribution in [1.29, 1.82) is 0 Å². The third-order valence-corrected chi connectivity index (χ3v) is 4.00. The second-order valence-electron chi connectivity index (χ2n) is 5.92. The largest absolute Gasteiger partial charge is 0.502 e. The Labute approximate surface area is 156 Å². The molecule has 9 heteroatoms. The van der Waals surface area contributed by atoms with E-state index in [1.165, 1.54) is 12.1 Å². The van der Waals surface area contributed by atoms with Crippen LogP contribution in [0.2, 0.25) is 0 Å². The van der Waals surface area contributed by atoms with E-state index in [0.717, 1.165) is 18.2 Å². The topological polar surface area (TPSA) is 96.8 Å². The number of pyridine rings is 1. The lowest BCUT2D eigenvalue weighted by atomic mass is 10.0. The van der Waals surface area contributed by atoms with Crippen molar-refractivity contribution in [2.24, 2.45) is 0 Å². The number of aromatic hydroxyl groups is 1. The van der Waals surface area contributed by atoms with Crippen LogP contribution < -0.4 is 15.7 Å².